The number of non-ortho nitro benzene ring substituents is 1. The summed E-state index contributed by atoms with van der Waals surface area (Å²) in [6, 6.07) is 12.4. The van der Waals surface area contributed by atoms with E-state index in [2.05, 4.69) is 26.0 Å². The average Bonchev–Trinajstić information content (AvgIpc) is 2.64. The van der Waals surface area contributed by atoms with E-state index in [0.29, 0.717) is 6.42 Å². The first-order valence-electron chi connectivity index (χ1n) is 8.04. The zero-order valence-corrected chi connectivity index (χ0v) is 16.6. The molecule has 0 aromatic heterocycles. The van der Waals surface area contributed by atoms with Gasteiger partial charge in [0, 0.05) is 36.1 Å². The van der Waals surface area contributed by atoms with E-state index >= 15 is 0 Å². The van der Waals surface area contributed by atoms with E-state index in [1.54, 1.807) is 0 Å². The highest BCUT2D eigenvalue weighted by Gasteiger charge is 2.17. The van der Waals surface area contributed by atoms with Crippen LogP contribution in [0.4, 0.5) is 5.69 Å². The van der Waals surface area contributed by atoms with Crippen LogP contribution in [0.3, 0.4) is 0 Å². The van der Waals surface area contributed by atoms with Crippen molar-refractivity contribution in [1.29, 1.82) is 0 Å². The van der Waals surface area contributed by atoms with Gasteiger partial charge in [-0.1, -0.05) is 40.2 Å². The molecule has 2 aromatic carbocycles. The van der Waals surface area contributed by atoms with E-state index in [9.17, 15) is 23.3 Å². The number of hydrogen-bond donors (Lipinski definition) is 2. The topological polar surface area (TPSA) is 118 Å². The number of sulfonamides is 1. The zero-order valence-electron chi connectivity index (χ0n) is 14.2. The van der Waals surface area contributed by atoms with Gasteiger partial charge in [-0.05, 0) is 24.1 Å². The number of rotatable bonds is 9. The fourth-order valence-electron chi connectivity index (χ4n) is 2.27. The van der Waals surface area contributed by atoms with Gasteiger partial charge in [0.2, 0.25) is 15.9 Å². The Labute approximate surface area is 165 Å². The van der Waals surface area contributed by atoms with Crippen molar-refractivity contribution in [2.24, 2.45) is 0 Å². The van der Waals surface area contributed by atoms with Crippen molar-refractivity contribution in [3.63, 3.8) is 0 Å². The summed E-state index contributed by atoms with van der Waals surface area (Å²) in [6.45, 7) is 0.0920. The Morgan fingerprint density at radius 2 is 1.85 bits per heavy atom. The lowest BCUT2D eigenvalue weighted by molar-refractivity contribution is -0.385. The molecular formula is C17H18BrN3O5S. The number of carbonyl (C=O) groups excluding carboxylic acids is 1. The normalized spacial score (nSPS) is 11.1. The molecule has 0 spiro atoms. The Morgan fingerprint density at radius 3 is 2.56 bits per heavy atom. The summed E-state index contributed by atoms with van der Waals surface area (Å²) in [5.74, 6) is -0.194. The Morgan fingerprint density at radius 1 is 1.11 bits per heavy atom. The third-order valence-corrected chi connectivity index (χ3v) is 5.89. The van der Waals surface area contributed by atoms with E-state index in [4.69, 9.17) is 0 Å². The highest BCUT2D eigenvalue weighted by molar-refractivity contribution is 9.10. The van der Waals surface area contributed by atoms with E-state index < -0.39 is 14.9 Å². The van der Waals surface area contributed by atoms with Gasteiger partial charge < -0.3 is 5.32 Å². The number of nitro benzene ring substituents is 1. The second kappa shape index (κ2) is 9.58. The maximum absolute atomic E-state index is 12.1. The molecule has 0 fully saturated rings. The third-order valence-electron chi connectivity index (χ3n) is 3.66. The van der Waals surface area contributed by atoms with Crippen molar-refractivity contribution < 1.29 is 18.1 Å². The number of aryl methyl sites for hydroxylation is 1. The molecule has 2 aromatic rings. The van der Waals surface area contributed by atoms with Crippen molar-refractivity contribution in [1.82, 2.24) is 10.0 Å². The Balaban J connectivity index is 1.78. The molecule has 10 heteroatoms. The summed E-state index contributed by atoms with van der Waals surface area (Å²) in [5, 5.41) is 13.4. The van der Waals surface area contributed by atoms with Crippen LogP contribution in [0.15, 0.2) is 57.9 Å². The molecule has 8 nitrogen and oxygen atoms in total. The van der Waals surface area contributed by atoms with Gasteiger partial charge in [-0.3, -0.25) is 14.9 Å². The number of hydrogen-bond acceptors (Lipinski definition) is 5. The lowest BCUT2D eigenvalue weighted by atomic mass is 10.1. The van der Waals surface area contributed by atoms with Gasteiger partial charge in [0.25, 0.3) is 5.69 Å². The number of carbonyl (C=O) groups is 1. The molecule has 0 bridgehead atoms. The molecule has 2 rings (SSSR count). The van der Waals surface area contributed by atoms with Gasteiger partial charge in [0.05, 0.1) is 9.82 Å². The van der Waals surface area contributed by atoms with Crippen LogP contribution in [-0.2, 0) is 21.2 Å². The van der Waals surface area contributed by atoms with E-state index in [1.165, 1.54) is 18.2 Å². The number of amides is 1. The smallest absolute Gasteiger partial charge is 0.270 e. The fourth-order valence-corrected chi connectivity index (χ4v) is 3.83. The molecule has 0 heterocycles. The van der Waals surface area contributed by atoms with E-state index in [0.717, 1.165) is 16.1 Å². The quantitative estimate of drug-likeness (QED) is 0.341. The van der Waals surface area contributed by atoms with Crippen LogP contribution in [0.25, 0.3) is 0 Å². The van der Waals surface area contributed by atoms with Gasteiger partial charge >= 0.3 is 0 Å². The molecule has 0 aliphatic heterocycles. The summed E-state index contributed by atoms with van der Waals surface area (Å²) < 4.78 is 27.5. The molecule has 0 aliphatic carbocycles. The predicted molar refractivity (Wildman–Crippen MR) is 104 cm³/mol. The summed E-state index contributed by atoms with van der Waals surface area (Å²) in [5.41, 5.74) is 0.706. The molecule has 0 saturated heterocycles. The van der Waals surface area contributed by atoms with E-state index in [1.807, 2.05) is 24.3 Å². The average molecular weight is 456 g/mol. The first-order chi connectivity index (χ1) is 12.8. The fraction of sp³-hybridized carbons (Fsp3) is 0.235. The minimum Gasteiger partial charge on any atom is -0.355 e. The van der Waals surface area contributed by atoms with Crippen LogP contribution in [0.5, 0.6) is 0 Å². The van der Waals surface area contributed by atoms with Crippen molar-refractivity contribution in [2.45, 2.75) is 17.7 Å². The first-order valence-corrected chi connectivity index (χ1v) is 10.3. The van der Waals surface area contributed by atoms with Crippen LogP contribution >= 0.6 is 15.9 Å². The molecule has 0 unspecified atom stereocenters. The maximum atomic E-state index is 12.1. The minimum absolute atomic E-state index is 0.0220. The molecule has 0 atom stereocenters. The van der Waals surface area contributed by atoms with Gasteiger partial charge in [-0.15, -0.1) is 0 Å². The molecule has 0 radical (unpaired) electrons. The molecular weight excluding hydrogens is 438 g/mol. The Kier molecular flexibility index (Phi) is 7.45. The highest BCUT2D eigenvalue weighted by Crippen LogP contribution is 2.18. The van der Waals surface area contributed by atoms with Crippen molar-refractivity contribution in [3.05, 3.63) is 68.7 Å². The van der Waals surface area contributed by atoms with Crippen LogP contribution in [0, 0.1) is 10.1 Å². The zero-order chi connectivity index (χ0) is 19.9. The standard InChI is InChI=1S/C17H18BrN3O5S/c18-16-7-2-1-4-13(16)8-9-17(22)19-10-11-20-27(25,26)15-6-3-5-14(12-15)21(23)24/h1-7,12,20H,8-11H2,(H,19,22). The molecule has 27 heavy (non-hydrogen) atoms. The number of nitrogens with one attached hydrogen (secondary N) is 2. The minimum atomic E-state index is -3.89. The predicted octanol–water partition coefficient (Wildman–Crippen LogP) is 2.38. The van der Waals surface area contributed by atoms with Crippen molar-refractivity contribution in [2.75, 3.05) is 13.1 Å². The number of nitro groups is 1. The first kappa shape index (κ1) is 21.0. The SMILES string of the molecule is O=C(CCc1ccccc1Br)NCCNS(=O)(=O)c1cccc([N+](=O)[O-])c1. The monoisotopic (exact) mass is 455 g/mol. The van der Waals surface area contributed by atoms with Crippen LogP contribution in [0.2, 0.25) is 0 Å². The second-order valence-corrected chi connectivity index (χ2v) is 8.21. The van der Waals surface area contributed by atoms with Gasteiger partial charge in [0.1, 0.15) is 0 Å². The highest BCUT2D eigenvalue weighted by atomic mass is 79.9. The van der Waals surface area contributed by atoms with Gasteiger partial charge in [-0.25, -0.2) is 13.1 Å². The lowest BCUT2D eigenvalue weighted by Crippen LogP contribution is -2.34. The number of nitrogens with zero attached hydrogens (tertiary/aromatic N) is 1. The van der Waals surface area contributed by atoms with Crippen LogP contribution < -0.4 is 10.0 Å². The van der Waals surface area contributed by atoms with E-state index in [-0.39, 0.29) is 36.0 Å². The summed E-state index contributed by atoms with van der Waals surface area (Å²) >= 11 is 3.42. The largest absolute Gasteiger partial charge is 0.355 e. The lowest BCUT2D eigenvalue weighted by Gasteiger charge is -2.08. The molecule has 2 N–H and O–H groups in total. The van der Waals surface area contributed by atoms with Crippen molar-refractivity contribution >= 4 is 37.5 Å². The molecule has 1 amide bonds. The van der Waals surface area contributed by atoms with Crippen molar-refractivity contribution in [3.8, 4) is 0 Å². The van der Waals surface area contributed by atoms with Gasteiger partial charge in [0.15, 0.2) is 0 Å². The summed E-state index contributed by atoms with van der Waals surface area (Å²) in [7, 11) is -3.89. The summed E-state index contributed by atoms with van der Waals surface area (Å²) in [4.78, 5) is 21.7. The molecule has 144 valence electrons. The Bertz CT molecular complexity index is 934. The number of benzene rings is 2. The molecule has 0 aliphatic rings. The van der Waals surface area contributed by atoms with Crippen LogP contribution in [-0.4, -0.2) is 32.3 Å². The van der Waals surface area contributed by atoms with Crippen LogP contribution in [0.1, 0.15) is 12.0 Å². The van der Waals surface area contributed by atoms with Gasteiger partial charge in [-0.2, -0.15) is 0 Å². The third kappa shape index (κ3) is 6.42. The molecule has 0 saturated carbocycles. The maximum Gasteiger partial charge on any atom is 0.270 e. The Hall–Kier alpha value is -2.30. The number of halogens is 1. The summed E-state index contributed by atoms with van der Waals surface area (Å²) in [6.07, 6.45) is 0.840. The second-order valence-electron chi connectivity index (χ2n) is 5.59.